The van der Waals surface area contributed by atoms with Crippen LogP contribution < -0.4 is 10.5 Å². The summed E-state index contributed by atoms with van der Waals surface area (Å²) >= 11 is 0. The van der Waals surface area contributed by atoms with Crippen LogP contribution in [-0.2, 0) is 22.3 Å². The van der Waals surface area contributed by atoms with Crippen LogP contribution in [0.15, 0.2) is 29.3 Å². The number of rotatable bonds is 6. The number of aliphatic imine (C=N–C) groups is 1. The van der Waals surface area contributed by atoms with Gasteiger partial charge in [-0.1, -0.05) is 31.2 Å². The number of halogens is 1. The summed E-state index contributed by atoms with van der Waals surface area (Å²) in [5.74, 6) is 1.24. The highest BCUT2D eigenvalue weighted by Crippen LogP contribution is 2.17. The van der Waals surface area contributed by atoms with E-state index in [9.17, 15) is 8.42 Å². The smallest absolute Gasteiger partial charge is 0.216 e. The van der Waals surface area contributed by atoms with Crippen LogP contribution in [0.25, 0.3) is 0 Å². The molecule has 1 saturated heterocycles. The summed E-state index contributed by atoms with van der Waals surface area (Å²) in [6.45, 7) is 8.15. The number of benzene rings is 1. The van der Waals surface area contributed by atoms with Crippen LogP contribution in [0, 0.1) is 5.92 Å². The van der Waals surface area contributed by atoms with Gasteiger partial charge in [-0.05, 0) is 43.7 Å². The lowest BCUT2D eigenvalue weighted by Crippen LogP contribution is -2.42. The number of nitrogens with zero attached hydrogens (tertiary/aromatic N) is 2. The molecule has 1 aromatic rings. The fraction of sp³-hybridized carbons (Fsp3) is 0.611. The Morgan fingerprint density at radius 2 is 1.85 bits per heavy atom. The number of nitrogens with two attached hydrogens (primary N) is 1. The van der Waals surface area contributed by atoms with Gasteiger partial charge in [-0.25, -0.2) is 18.1 Å². The molecule has 1 aliphatic rings. The monoisotopic (exact) mass is 494 g/mol. The van der Waals surface area contributed by atoms with Crippen molar-refractivity contribution in [2.45, 2.75) is 52.0 Å². The Bertz CT molecular complexity index is 699. The van der Waals surface area contributed by atoms with Gasteiger partial charge in [-0.15, -0.1) is 24.0 Å². The van der Waals surface area contributed by atoms with Crippen LogP contribution in [0.5, 0.6) is 0 Å². The number of nitrogens with one attached hydrogen (secondary N) is 1. The molecule has 0 unspecified atom stereocenters. The summed E-state index contributed by atoms with van der Waals surface area (Å²) < 4.78 is 27.0. The number of hydrogen-bond acceptors (Lipinski definition) is 3. The lowest BCUT2D eigenvalue weighted by Gasteiger charge is -2.31. The molecule has 8 heteroatoms. The van der Waals surface area contributed by atoms with Crippen LogP contribution in [-0.4, -0.2) is 38.4 Å². The van der Waals surface area contributed by atoms with Crippen molar-refractivity contribution in [1.29, 1.82) is 0 Å². The first-order valence-corrected chi connectivity index (χ1v) is 10.5. The first-order chi connectivity index (χ1) is 11.8. The van der Waals surface area contributed by atoms with Crippen molar-refractivity contribution in [1.82, 2.24) is 9.62 Å². The molecule has 148 valence electrons. The Labute approximate surface area is 174 Å². The van der Waals surface area contributed by atoms with Gasteiger partial charge >= 0.3 is 0 Å². The maximum Gasteiger partial charge on any atom is 0.216 e. The number of guanidine groups is 1. The van der Waals surface area contributed by atoms with E-state index in [4.69, 9.17) is 5.73 Å². The highest BCUT2D eigenvalue weighted by molar-refractivity contribution is 14.0. The van der Waals surface area contributed by atoms with Crippen molar-refractivity contribution in [3.05, 3.63) is 35.4 Å². The summed E-state index contributed by atoms with van der Waals surface area (Å²) in [5, 5.41) is 0. The second kappa shape index (κ2) is 10.5. The van der Waals surface area contributed by atoms with Crippen LogP contribution >= 0.6 is 24.0 Å². The molecule has 1 fully saturated rings. The minimum atomic E-state index is -3.36. The van der Waals surface area contributed by atoms with Crippen LogP contribution in [0.3, 0.4) is 0 Å². The molecule has 2 rings (SSSR count). The second-order valence-electron chi connectivity index (χ2n) is 7.14. The van der Waals surface area contributed by atoms with Crippen molar-refractivity contribution in [3.63, 3.8) is 0 Å². The Morgan fingerprint density at radius 1 is 1.27 bits per heavy atom. The lowest BCUT2D eigenvalue weighted by atomic mass is 10.00. The highest BCUT2D eigenvalue weighted by atomic mass is 127. The average molecular weight is 494 g/mol. The molecule has 6 nitrogen and oxygen atoms in total. The summed E-state index contributed by atoms with van der Waals surface area (Å²) in [7, 11) is -3.36. The Balaban J connectivity index is 0.00000338. The molecule has 26 heavy (non-hydrogen) atoms. The fourth-order valence-corrected chi connectivity index (χ4v) is 4.45. The third kappa shape index (κ3) is 7.40. The molecule has 0 spiro atoms. The first-order valence-electron chi connectivity index (χ1n) is 8.88. The molecule has 0 aromatic heterocycles. The van der Waals surface area contributed by atoms with E-state index < -0.39 is 10.0 Å². The third-order valence-electron chi connectivity index (χ3n) is 4.40. The molecule has 0 bridgehead atoms. The van der Waals surface area contributed by atoms with Crippen molar-refractivity contribution in [2.75, 3.05) is 13.1 Å². The van der Waals surface area contributed by atoms with Gasteiger partial charge in [0.1, 0.15) is 0 Å². The summed E-state index contributed by atoms with van der Waals surface area (Å²) in [5.41, 5.74) is 7.79. The van der Waals surface area contributed by atoms with Gasteiger partial charge in [0.05, 0.1) is 12.3 Å². The Hall–Kier alpha value is -0.870. The highest BCUT2D eigenvalue weighted by Gasteiger charge is 2.18. The normalized spacial score (nSPS) is 16.6. The molecule has 0 amide bonds. The molecule has 1 heterocycles. The predicted molar refractivity (Wildman–Crippen MR) is 118 cm³/mol. The summed E-state index contributed by atoms with van der Waals surface area (Å²) in [6, 6.07) is 7.38. The van der Waals surface area contributed by atoms with Crippen molar-refractivity contribution < 1.29 is 8.42 Å². The van der Waals surface area contributed by atoms with E-state index in [1.54, 1.807) is 0 Å². The zero-order valence-electron chi connectivity index (χ0n) is 15.8. The molecule has 1 aromatic carbocycles. The van der Waals surface area contributed by atoms with Crippen LogP contribution in [0.4, 0.5) is 0 Å². The van der Waals surface area contributed by atoms with E-state index in [0.717, 1.165) is 43.0 Å². The van der Waals surface area contributed by atoms with E-state index in [1.165, 1.54) is 0 Å². The van der Waals surface area contributed by atoms with E-state index >= 15 is 0 Å². The Morgan fingerprint density at radius 3 is 2.42 bits per heavy atom. The van der Waals surface area contributed by atoms with Crippen LogP contribution in [0.1, 0.15) is 44.7 Å². The summed E-state index contributed by atoms with van der Waals surface area (Å²) in [4.78, 5) is 6.61. The maximum absolute atomic E-state index is 12.2. The third-order valence-corrected chi connectivity index (χ3v) is 5.92. The number of likely N-dealkylation sites (tertiary alicyclic amines) is 1. The number of piperidine rings is 1. The predicted octanol–water partition coefficient (Wildman–Crippen LogP) is 2.68. The number of sulfonamides is 1. The minimum Gasteiger partial charge on any atom is -0.370 e. The molecule has 0 aliphatic carbocycles. The van der Waals surface area contributed by atoms with Crippen molar-refractivity contribution in [2.24, 2.45) is 16.6 Å². The topological polar surface area (TPSA) is 87.8 Å². The quantitative estimate of drug-likeness (QED) is 0.362. The van der Waals surface area contributed by atoms with Crippen molar-refractivity contribution in [3.8, 4) is 0 Å². The largest absolute Gasteiger partial charge is 0.370 e. The van der Waals surface area contributed by atoms with Gasteiger partial charge in [-0.3, -0.25) is 0 Å². The molecule has 3 N–H and O–H groups in total. The zero-order chi connectivity index (χ0) is 18.4. The van der Waals surface area contributed by atoms with Gasteiger partial charge in [0.25, 0.3) is 0 Å². The van der Waals surface area contributed by atoms with Gasteiger partial charge in [-0.2, -0.15) is 0 Å². The van der Waals surface area contributed by atoms with Gasteiger partial charge in [0.15, 0.2) is 5.96 Å². The number of hydrogen-bond donors (Lipinski definition) is 2. The lowest BCUT2D eigenvalue weighted by molar-refractivity contribution is 0.277. The SMILES string of the molecule is CC1CCN(C(N)=NCc2ccccc2CS(=O)(=O)NC(C)C)CC1.I. The molecule has 0 radical (unpaired) electrons. The fourth-order valence-electron chi connectivity index (χ4n) is 2.96. The van der Waals surface area contributed by atoms with E-state index in [2.05, 4.69) is 21.5 Å². The minimum absolute atomic E-state index is 0. The van der Waals surface area contributed by atoms with E-state index in [-0.39, 0.29) is 35.8 Å². The molecule has 0 atom stereocenters. The summed E-state index contributed by atoms with van der Waals surface area (Å²) in [6.07, 6.45) is 2.26. The van der Waals surface area contributed by atoms with Gasteiger partial charge in [0, 0.05) is 19.1 Å². The van der Waals surface area contributed by atoms with Crippen LogP contribution in [0.2, 0.25) is 0 Å². The average Bonchev–Trinajstić information content (AvgIpc) is 2.52. The molecule has 0 saturated carbocycles. The molecular weight excluding hydrogens is 463 g/mol. The van der Waals surface area contributed by atoms with E-state index in [0.29, 0.717) is 12.5 Å². The zero-order valence-corrected chi connectivity index (χ0v) is 19.0. The van der Waals surface area contributed by atoms with Crippen molar-refractivity contribution >= 4 is 40.0 Å². The first kappa shape index (κ1) is 23.2. The molecular formula is C18H31IN4O2S. The van der Waals surface area contributed by atoms with Gasteiger partial charge < -0.3 is 10.6 Å². The molecule has 1 aliphatic heterocycles. The van der Waals surface area contributed by atoms with E-state index in [1.807, 2.05) is 38.1 Å². The standard InChI is InChI=1S/C18H30N4O2S.HI/c1-14(2)21-25(23,24)13-17-7-5-4-6-16(17)12-20-18(19)22-10-8-15(3)9-11-22;/h4-7,14-15,21H,8-13H2,1-3H3,(H2,19,20);1H. The Kier molecular flexibility index (Phi) is 9.32. The maximum atomic E-state index is 12.2. The van der Waals surface area contributed by atoms with Gasteiger partial charge in [0.2, 0.25) is 10.0 Å². The second-order valence-corrected chi connectivity index (χ2v) is 8.90.